The lowest BCUT2D eigenvalue weighted by atomic mass is 10.3. The molecule has 1 aromatic rings. The van der Waals surface area contributed by atoms with Gasteiger partial charge in [-0.25, -0.2) is 4.98 Å². The molecule has 1 fully saturated rings. The highest BCUT2D eigenvalue weighted by Gasteiger charge is 2.19. The molecule has 1 aliphatic rings. The third-order valence-electron chi connectivity index (χ3n) is 2.32. The molecule has 84 valence electrons. The van der Waals surface area contributed by atoms with Crippen molar-refractivity contribution in [1.82, 2.24) is 14.7 Å². The fraction of sp³-hybridized carbons (Fsp3) is 0.800. The lowest BCUT2D eigenvalue weighted by Crippen LogP contribution is -2.17. The Kier molecular flexibility index (Phi) is 4.41. The zero-order chi connectivity index (χ0) is 10.5. The van der Waals surface area contributed by atoms with Gasteiger partial charge in [-0.05, 0) is 50.7 Å². The molecule has 1 saturated carbocycles. The Balaban J connectivity index is 1.47. The number of nitrogens with one attached hydrogen (secondary N) is 1. The maximum Gasteiger partial charge on any atom is 0.170 e. The summed E-state index contributed by atoms with van der Waals surface area (Å²) in [6.45, 7) is 3.13. The van der Waals surface area contributed by atoms with Crippen LogP contribution in [-0.4, -0.2) is 27.7 Å². The monoisotopic (exact) mass is 243 g/mol. The fourth-order valence-electron chi connectivity index (χ4n) is 1.32. The first-order valence-corrected chi connectivity index (χ1v) is 7.27. The van der Waals surface area contributed by atoms with Crippen molar-refractivity contribution in [2.24, 2.45) is 0 Å². The van der Waals surface area contributed by atoms with E-state index in [1.54, 1.807) is 0 Å². The van der Waals surface area contributed by atoms with Crippen LogP contribution in [0, 0.1) is 6.92 Å². The summed E-state index contributed by atoms with van der Waals surface area (Å²) in [5.41, 5.74) is 0. The second kappa shape index (κ2) is 5.82. The molecule has 15 heavy (non-hydrogen) atoms. The van der Waals surface area contributed by atoms with Crippen LogP contribution in [-0.2, 0) is 0 Å². The smallest absolute Gasteiger partial charge is 0.170 e. The van der Waals surface area contributed by atoms with Crippen LogP contribution >= 0.6 is 23.3 Å². The van der Waals surface area contributed by atoms with Crippen molar-refractivity contribution in [3.8, 4) is 0 Å². The van der Waals surface area contributed by atoms with Crippen molar-refractivity contribution in [2.45, 2.75) is 43.0 Å². The Hall–Kier alpha value is -0.130. The summed E-state index contributed by atoms with van der Waals surface area (Å²) in [6, 6.07) is 0.850. The van der Waals surface area contributed by atoms with Crippen LogP contribution in [0.1, 0.15) is 31.5 Å². The summed E-state index contributed by atoms with van der Waals surface area (Å²) < 4.78 is 5.27. The van der Waals surface area contributed by atoms with Crippen molar-refractivity contribution in [1.29, 1.82) is 0 Å². The summed E-state index contributed by atoms with van der Waals surface area (Å²) in [5, 5.41) is 3.52. The Bertz CT molecular complexity index is 297. The van der Waals surface area contributed by atoms with E-state index in [4.69, 9.17) is 0 Å². The number of rotatable bonds is 7. The number of hydrogen-bond donors (Lipinski definition) is 1. The molecule has 0 bridgehead atoms. The quantitative estimate of drug-likeness (QED) is 0.590. The summed E-state index contributed by atoms with van der Waals surface area (Å²) in [4.78, 5) is 4.32. The van der Waals surface area contributed by atoms with Crippen LogP contribution in [0.5, 0.6) is 0 Å². The molecule has 0 saturated heterocycles. The van der Waals surface area contributed by atoms with Crippen LogP contribution in [0.4, 0.5) is 0 Å². The van der Waals surface area contributed by atoms with E-state index >= 15 is 0 Å². The predicted octanol–water partition coefficient (Wildman–Crippen LogP) is 2.47. The summed E-state index contributed by atoms with van der Waals surface area (Å²) in [5.74, 6) is 2.07. The molecule has 0 unspecified atom stereocenters. The van der Waals surface area contributed by atoms with Gasteiger partial charge in [0.05, 0.1) is 0 Å². The molecule has 5 heteroatoms. The lowest BCUT2D eigenvalue weighted by Gasteiger charge is -2.01. The van der Waals surface area contributed by atoms with Gasteiger partial charge in [0.15, 0.2) is 4.34 Å². The molecular formula is C10H17N3S2. The highest BCUT2D eigenvalue weighted by Crippen LogP contribution is 2.21. The van der Waals surface area contributed by atoms with Crippen LogP contribution in [0.25, 0.3) is 0 Å². The number of unbranched alkanes of at least 4 members (excludes halogenated alkanes) is 1. The normalized spacial score (nSPS) is 15.8. The van der Waals surface area contributed by atoms with Crippen LogP contribution in [0.15, 0.2) is 4.34 Å². The topological polar surface area (TPSA) is 37.8 Å². The Labute approximate surface area is 99.2 Å². The molecule has 0 radical (unpaired) electrons. The Morgan fingerprint density at radius 2 is 2.33 bits per heavy atom. The van der Waals surface area contributed by atoms with Crippen LogP contribution in [0.2, 0.25) is 0 Å². The predicted molar refractivity (Wildman–Crippen MR) is 65.6 cm³/mol. The molecule has 0 amide bonds. The van der Waals surface area contributed by atoms with E-state index in [0.29, 0.717) is 0 Å². The van der Waals surface area contributed by atoms with Crippen molar-refractivity contribution < 1.29 is 0 Å². The van der Waals surface area contributed by atoms with Gasteiger partial charge in [0.25, 0.3) is 0 Å². The minimum Gasteiger partial charge on any atom is -0.314 e. The molecular weight excluding hydrogens is 226 g/mol. The highest BCUT2D eigenvalue weighted by molar-refractivity contribution is 8.00. The van der Waals surface area contributed by atoms with E-state index in [1.807, 2.05) is 18.7 Å². The second-order valence-electron chi connectivity index (χ2n) is 3.89. The van der Waals surface area contributed by atoms with E-state index in [1.165, 1.54) is 49.5 Å². The second-order valence-corrected chi connectivity index (χ2v) is 5.99. The lowest BCUT2D eigenvalue weighted by molar-refractivity contribution is 0.640. The zero-order valence-corrected chi connectivity index (χ0v) is 10.7. The number of thioether (sulfide) groups is 1. The first-order valence-electron chi connectivity index (χ1n) is 5.51. The molecule has 1 aliphatic carbocycles. The van der Waals surface area contributed by atoms with E-state index in [0.717, 1.165) is 16.2 Å². The van der Waals surface area contributed by atoms with Gasteiger partial charge in [0.2, 0.25) is 0 Å². The zero-order valence-electron chi connectivity index (χ0n) is 9.03. The van der Waals surface area contributed by atoms with Crippen LogP contribution < -0.4 is 5.32 Å². The Morgan fingerprint density at radius 1 is 1.47 bits per heavy atom. The largest absolute Gasteiger partial charge is 0.314 e. The molecule has 0 atom stereocenters. The molecule has 3 nitrogen and oxygen atoms in total. The fourth-order valence-corrected chi connectivity index (χ4v) is 3.03. The minimum absolute atomic E-state index is 0.850. The van der Waals surface area contributed by atoms with Gasteiger partial charge < -0.3 is 5.32 Å². The molecule has 0 aromatic carbocycles. The van der Waals surface area contributed by atoms with Gasteiger partial charge in [-0.1, -0.05) is 11.8 Å². The van der Waals surface area contributed by atoms with Gasteiger partial charge in [-0.2, -0.15) is 4.37 Å². The van der Waals surface area contributed by atoms with Crippen molar-refractivity contribution >= 4 is 23.3 Å². The third kappa shape index (κ3) is 4.49. The van der Waals surface area contributed by atoms with Gasteiger partial charge in [0.1, 0.15) is 5.82 Å². The third-order valence-corrected chi connectivity index (χ3v) is 4.33. The first-order chi connectivity index (χ1) is 7.34. The SMILES string of the molecule is Cc1nsc(SCCCCNC2CC2)n1. The van der Waals surface area contributed by atoms with E-state index in [9.17, 15) is 0 Å². The van der Waals surface area contributed by atoms with E-state index in [2.05, 4.69) is 14.7 Å². The molecule has 1 heterocycles. The maximum atomic E-state index is 4.32. The van der Waals surface area contributed by atoms with E-state index in [-0.39, 0.29) is 0 Å². The van der Waals surface area contributed by atoms with Gasteiger partial charge >= 0.3 is 0 Å². The molecule has 1 aromatic heterocycles. The molecule has 0 aliphatic heterocycles. The van der Waals surface area contributed by atoms with Gasteiger partial charge in [-0.15, -0.1) is 0 Å². The average molecular weight is 243 g/mol. The number of aromatic nitrogens is 2. The minimum atomic E-state index is 0.850. The summed E-state index contributed by atoms with van der Waals surface area (Å²) >= 11 is 3.35. The molecule has 2 rings (SSSR count). The van der Waals surface area contributed by atoms with Crippen molar-refractivity contribution in [3.05, 3.63) is 5.82 Å². The molecule has 0 spiro atoms. The van der Waals surface area contributed by atoms with Crippen molar-refractivity contribution in [3.63, 3.8) is 0 Å². The molecule has 1 N–H and O–H groups in total. The summed E-state index contributed by atoms with van der Waals surface area (Å²) in [7, 11) is 0. The Morgan fingerprint density at radius 3 is 3.00 bits per heavy atom. The highest BCUT2D eigenvalue weighted by atomic mass is 32.2. The van der Waals surface area contributed by atoms with Gasteiger partial charge in [0, 0.05) is 11.8 Å². The first kappa shape index (κ1) is 11.4. The number of aryl methyl sites for hydroxylation is 1. The number of hydrogen-bond acceptors (Lipinski definition) is 5. The maximum absolute atomic E-state index is 4.32. The van der Waals surface area contributed by atoms with E-state index < -0.39 is 0 Å². The number of nitrogens with zero attached hydrogens (tertiary/aromatic N) is 2. The standard InChI is InChI=1S/C10H17N3S2/c1-8-12-10(15-13-8)14-7-3-2-6-11-9-4-5-9/h9,11H,2-7H2,1H3. The summed E-state index contributed by atoms with van der Waals surface area (Å²) in [6.07, 6.45) is 5.32. The van der Waals surface area contributed by atoms with Crippen molar-refractivity contribution in [2.75, 3.05) is 12.3 Å². The van der Waals surface area contributed by atoms with Crippen LogP contribution in [0.3, 0.4) is 0 Å². The van der Waals surface area contributed by atoms with Gasteiger partial charge in [-0.3, -0.25) is 0 Å². The average Bonchev–Trinajstić information content (AvgIpc) is 2.95.